The van der Waals surface area contributed by atoms with Crippen LogP contribution in [-0.4, -0.2) is 48.8 Å². The lowest BCUT2D eigenvalue weighted by Gasteiger charge is -2.30. The Hall–Kier alpha value is -0.120. The zero-order valence-corrected chi connectivity index (χ0v) is 11.6. The summed E-state index contributed by atoms with van der Waals surface area (Å²) in [6.45, 7) is 9.03. The van der Waals surface area contributed by atoms with E-state index in [0.717, 1.165) is 26.2 Å². The summed E-state index contributed by atoms with van der Waals surface area (Å²) in [5, 5.41) is 13.0. The van der Waals surface area contributed by atoms with Crippen molar-refractivity contribution >= 4 is 0 Å². The fourth-order valence-corrected chi connectivity index (χ4v) is 2.86. The van der Waals surface area contributed by atoms with Crippen LogP contribution in [0, 0.1) is 5.92 Å². The predicted octanol–water partition coefficient (Wildman–Crippen LogP) is 1.86. The summed E-state index contributed by atoms with van der Waals surface area (Å²) in [5.41, 5.74) is 0. The number of aliphatic hydroxyl groups is 1. The number of nitrogens with zero attached hydrogens (tertiary/aromatic N) is 1. The number of likely N-dealkylation sites (N-methyl/N-ethyl adjacent to an activating group) is 1. The molecule has 1 fully saturated rings. The smallest absolute Gasteiger partial charge is 0.0587 e. The van der Waals surface area contributed by atoms with Crippen molar-refractivity contribution in [3.8, 4) is 0 Å². The van der Waals surface area contributed by atoms with E-state index in [9.17, 15) is 5.11 Å². The van der Waals surface area contributed by atoms with Crippen LogP contribution >= 0.6 is 0 Å². The molecule has 1 saturated carbocycles. The third-order valence-electron chi connectivity index (χ3n) is 4.14. The Labute approximate surface area is 107 Å². The topological polar surface area (TPSA) is 35.5 Å². The average molecular weight is 242 g/mol. The minimum absolute atomic E-state index is 0.295. The molecule has 1 aliphatic rings. The van der Waals surface area contributed by atoms with Crippen molar-refractivity contribution in [3.05, 3.63) is 0 Å². The van der Waals surface area contributed by atoms with E-state index in [1.54, 1.807) is 0 Å². The molecule has 1 rings (SSSR count). The van der Waals surface area contributed by atoms with Crippen molar-refractivity contribution in [3.63, 3.8) is 0 Å². The Morgan fingerprint density at radius 2 is 1.82 bits per heavy atom. The van der Waals surface area contributed by atoms with Gasteiger partial charge in [0.2, 0.25) is 0 Å². The van der Waals surface area contributed by atoms with Crippen LogP contribution in [0.2, 0.25) is 0 Å². The third-order valence-corrected chi connectivity index (χ3v) is 4.14. The third kappa shape index (κ3) is 5.36. The maximum absolute atomic E-state index is 9.48. The summed E-state index contributed by atoms with van der Waals surface area (Å²) in [6.07, 6.45) is 6.67. The molecule has 0 aromatic heterocycles. The van der Waals surface area contributed by atoms with Gasteiger partial charge >= 0.3 is 0 Å². The van der Waals surface area contributed by atoms with Crippen LogP contribution in [-0.2, 0) is 0 Å². The van der Waals surface area contributed by atoms with Crippen molar-refractivity contribution in [2.75, 3.05) is 32.8 Å². The molecule has 1 unspecified atom stereocenters. The minimum atomic E-state index is 0.295. The first kappa shape index (κ1) is 14.9. The molecule has 0 heterocycles. The molecule has 1 atom stereocenters. The van der Waals surface area contributed by atoms with Crippen molar-refractivity contribution in [1.82, 2.24) is 10.2 Å². The van der Waals surface area contributed by atoms with Gasteiger partial charge in [-0.05, 0) is 31.8 Å². The lowest BCUT2D eigenvalue weighted by Crippen LogP contribution is -2.43. The number of hydrogen-bond donors (Lipinski definition) is 2. The second-order valence-electron chi connectivity index (χ2n) is 5.17. The van der Waals surface area contributed by atoms with Crippen molar-refractivity contribution in [1.29, 1.82) is 0 Å². The van der Waals surface area contributed by atoms with Crippen LogP contribution in [0.1, 0.15) is 46.0 Å². The van der Waals surface area contributed by atoms with Gasteiger partial charge in [-0.3, -0.25) is 0 Å². The van der Waals surface area contributed by atoms with Crippen molar-refractivity contribution < 1.29 is 5.11 Å². The molecule has 1 aliphatic carbocycles. The molecule has 0 aliphatic heterocycles. The van der Waals surface area contributed by atoms with Gasteiger partial charge in [0.15, 0.2) is 0 Å². The highest BCUT2D eigenvalue weighted by atomic mass is 16.3. The van der Waals surface area contributed by atoms with E-state index < -0.39 is 0 Å². The maximum Gasteiger partial charge on any atom is 0.0587 e. The van der Waals surface area contributed by atoms with Gasteiger partial charge in [0.05, 0.1) is 6.61 Å². The zero-order valence-electron chi connectivity index (χ0n) is 11.6. The quantitative estimate of drug-likeness (QED) is 0.682. The van der Waals surface area contributed by atoms with Crippen LogP contribution in [0.4, 0.5) is 0 Å². The fraction of sp³-hybridized carbons (Fsp3) is 1.00. The summed E-state index contributed by atoms with van der Waals surface area (Å²) in [7, 11) is 0. The number of rotatable bonds is 8. The van der Waals surface area contributed by atoms with E-state index >= 15 is 0 Å². The number of nitrogens with one attached hydrogen (secondary N) is 1. The van der Waals surface area contributed by atoms with E-state index in [4.69, 9.17) is 0 Å². The zero-order chi connectivity index (χ0) is 12.5. The first-order valence-electron chi connectivity index (χ1n) is 7.38. The fourth-order valence-electron chi connectivity index (χ4n) is 2.86. The molecule has 3 nitrogen and oxygen atoms in total. The molecular formula is C14H30N2O. The van der Waals surface area contributed by atoms with Crippen molar-refractivity contribution in [2.45, 2.75) is 52.0 Å². The molecule has 0 saturated heterocycles. The van der Waals surface area contributed by atoms with Gasteiger partial charge in [-0.15, -0.1) is 0 Å². The van der Waals surface area contributed by atoms with Crippen LogP contribution < -0.4 is 5.32 Å². The maximum atomic E-state index is 9.48. The molecule has 102 valence electrons. The first-order valence-corrected chi connectivity index (χ1v) is 7.38. The number of hydrogen-bond acceptors (Lipinski definition) is 3. The summed E-state index contributed by atoms with van der Waals surface area (Å²) < 4.78 is 0. The van der Waals surface area contributed by atoms with E-state index in [1.165, 1.54) is 32.1 Å². The van der Waals surface area contributed by atoms with Crippen LogP contribution in [0.25, 0.3) is 0 Å². The van der Waals surface area contributed by atoms with E-state index in [-0.39, 0.29) is 0 Å². The molecule has 0 amide bonds. The Kier molecular flexibility index (Phi) is 7.82. The van der Waals surface area contributed by atoms with Gasteiger partial charge in [-0.25, -0.2) is 0 Å². The van der Waals surface area contributed by atoms with Gasteiger partial charge in [0.25, 0.3) is 0 Å². The van der Waals surface area contributed by atoms with E-state index in [2.05, 4.69) is 24.1 Å². The predicted molar refractivity (Wildman–Crippen MR) is 73.2 cm³/mol. The number of aliphatic hydroxyl groups excluding tert-OH is 1. The summed E-state index contributed by atoms with van der Waals surface area (Å²) in [6, 6.07) is 0.325. The average Bonchev–Trinajstić information content (AvgIpc) is 2.40. The van der Waals surface area contributed by atoms with E-state index in [0.29, 0.717) is 18.6 Å². The van der Waals surface area contributed by atoms with Crippen LogP contribution in [0.15, 0.2) is 0 Å². The molecule has 0 aromatic carbocycles. The van der Waals surface area contributed by atoms with Gasteiger partial charge in [0, 0.05) is 19.1 Å². The second-order valence-corrected chi connectivity index (χ2v) is 5.17. The summed E-state index contributed by atoms with van der Waals surface area (Å²) >= 11 is 0. The summed E-state index contributed by atoms with van der Waals surface area (Å²) in [5.74, 6) is 0.699. The molecule has 0 bridgehead atoms. The Balaban J connectivity index is 2.21. The Morgan fingerprint density at radius 3 is 2.35 bits per heavy atom. The Bertz CT molecular complexity index is 177. The van der Waals surface area contributed by atoms with Gasteiger partial charge < -0.3 is 15.3 Å². The Morgan fingerprint density at radius 1 is 1.18 bits per heavy atom. The van der Waals surface area contributed by atoms with Crippen LogP contribution in [0.3, 0.4) is 0 Å². The SMILES string of the molecule is CCN(CC)CCNC(CO)C1CCCCC1. The highest BCUT2D eigenvalue weighted by Crippen LogP contribution is 2.26. The normalized spacial score (nSPS) is 19.8. The summed E-state index contributed by atoms with van der Waals surface area (Å²) in [4.78, 5) is 2.42. The highest BCUT2D eigenvalue weighted by Gasteiger charge is 2.22. The van der Waals surface area contributed by atoms with Gasteiger partial charge in [-0.2, -0.15) is 0 Å². The monoisotopic (exact) mass is 242 g/mol. The van der Waals surface area contributed by atoms with Gasteiger partial charge in [-0.1, -0.05) is 33.1 Å². The highest BCUT2D eigenvalue weighted by molar-refractivity contribution is 4.79. The molecule has 0 spiro atoms. The van der Waals surface area contributed by atoms with Gasteiger partial charge in [0.1, 0.15) is 0 Å². The second kappa shape index (κ2) is 8.90. The molecule has 17 heavy (non-hydrogen) atoms. The van der Waals surface area contributed by atoms with Crippen molar-refractivity contribution in [2.24, 2.45) is 5.92 Å². The molecule has 0 radical (unpaired) electrons. The lowest BCUT2D eigenvalue weighted by atomic mass is 9.84. The van der Waals surface area contributed by atoms with Crippen LogP contribution in [0.5, 0.6) is 0 Å². The molecule has 2 N–H and O–H groups in total. The minimum Gasteiger partial charge on any atom is -0.395 e. The first-order chi connectivity index (χ1) is 8.31. The lowest BCUT2D eigenvalue weighted by molar-refractivity contribution is 0.166. The largest absolute Gasteiger partial charge is 0.395 e. The standard InChI is InChI=1S/C14H30N2O/c1-3-16(4-2)11-10-15-14(12-17)13-8-6-5-7-9-13/h13-15,17H,3-12H2,1-2H3. The van der Waals surface area contributed by atoms with E-state index in [1.807, 2.05) is 0 Å². The molecule has 0 aromatic rings. The molecule has 3 heteroatoms. The molecular weight excluding hydrogens is 212 g/mol.